The monoisotopic (exact) mass is 404 g/mol. The first-order chi connectivity index (χ1) is 13.5. The Balaban J connectivity index is 1.84. The number of rotatable bonds is 3. The SMILES string of the molecule is CN1C(=O)C(=O)C2C(=O)N(Cc3ccc(F)cc3)CCC2C1C(=O)OC(C)(C)C. The summed E-state index contributed by atoms with van der Waals surface area (Å²) < 4.78 is 18.6. The molecule has 0 saturated carbocycles. The van der Waals surface area contributed by atoms with Crippen LogP contribution >= 0.6 is 0 Å². The fourth-order valence-corrected chi connectivity index (χ4v) is 3.99. The van der Waals surface area contributed by atoms with Gasteiger partial charge in [-0.2, -0.15) is 0 Å². The third kappa shape index (κ3) is 4.16. The molecule has 0 spiro atoms. The van der Waals surface area contributed by atoms with Gasteiger partial charge in [0.05, 0.1) is 0 Å². The molecule has 8 heteroatoms. The molecule has 2 amide bonds. The first kappa shape index (κ1) is 21.0. The van der Waals surface area contributed by atoms with Gasteiger partial charge in [0.25, 0.3) is 5.91 Å². The zero-order valence-corrected chi connectivity index (χ0v) is 17.0. The Hall–Kier alpha value is -2.77. The van der Waals surface area contributed by atoms with Crippen LogP contribution in [0.5, 0.6) is 0 Å². The van der Waals surface area contributed by atoms with Crippen LogP contribution in [-0.2, 0) is 30.5 Å². The van der Waals surface area contributed by atoms with E-state index in [2.05, 4.69) is 0 Å². The van der Waals surface area contributed by atoms with Crippen LogP contribution in [0.1, 0.15) is 32.8 Å². The molecule has 2 saturated heterocycles. The molecule has 7 nitrogen and oxygen atoms in total. The molecule has 1 aromatic carbocycles. The summed E-state index contributed by atoms with van der Waals surface area (Å²) in [5.41, 5.74) is -0.0424. The number of esters is 1. The summed E-state index contributed by atoms with van der Waals surface area (Å²) in [5, 5.41) is 0. The van der Waals surface area contributed by atoms with Gasteiger partial charge in [0.15, 0.2) is 0 Å². The van der Waals surface area contributed by atoms with Crippen molar-refractivity contribution in [3.05, 3.63) is 35.6 Å². The Labute approximate surface area is 168 Å². The van der Waals surface area contributed by atoms with E-state index in [-0.39, 0.29) is 12.4 Å². The van der Waals surface area contributed by atoms with E-state index in [1.54, 1.807) is 32.9 Å². The lowest BCUT2D eigenvalue weighted by Gasteiger charge is -2.46. The molecule has 2 fully saturated rings. The summed E-state index contributed by atoms with van der Waals surface area (Å²) in [6.07, 6.45) is 0.380. The van der Waals surface area contributed by atoms with Crippen molar-refractivity contribution in [2.75, 3.05) is 13.6 Å². The second-order valence-electron chi connectivity index (χ2n) is 8.58. The Morgan fingerprint density at radius 3 is 2.38 bits per heavy atom. The van der Waals surface area contributed by atoms with E-state index in [1.165, 1.54) is 24.1 Å². The number of Topliss-reactive ketones (excluding diaryl/α,β-unsaturated/α-hetero) is 1. The van der Waals surface area contributed by atoms with E-state index >= 15 is 0 Å². The number of carbonyl (C=O) groups excluding carboxylic acids is 4. The second kappa shape index (κ2) is 7.57. The van der Waals surface area contributed by atoms with Gasteiger partial charge in [-0.1, -0.05) is 12.1 Å². The Morgan fingerprint density at radius 2 is 1.79 bits per heavy atom. The fraction of sp³-hybridized carbons (Fsp3) is 0.524. The van der Waals surface area contributed by atoms with Crippen molar-refractivity contribution in [3.8, 4) is 0 Å². The number of ketones is 1. The highest BCUT2D eigenvalue weighted by atomic mass is 19.1. The van der Waals surface area contributed by atoms with E-state index in [1.807, 2.05) is 0 Å². The fourth-order valence-electron chi connectivity index (χ4n) is 3.99. The highest BCUT2D eigenvalue weighted by Crippen LogP contribution is 2.36. The first-order valence-electron chi connectivity index (χ1n) is 9.56. The van der Waals surface area contributed by atoms with Crippen LogP contribution in [0.25, 0.3) is 0 Å². The van der Waals surface area contributed by atoms with Crippen molar-refractivity contribution >= 4 is 23.6 Å². The van der Waals surface area contributed by atoms with Gasteiger partial charge in [-0.25, -0.2) is 9.18 Å². The van der Waals surface area contributed by atoms with Gasteiger partial charge < -0.3 is 14.5 Å². The van der Waals surface area contributed by atoms with E-state index in [0.717, 1.165) is 4.90 Å². The number of nitrogens with zero attached hydrogens (tertiary/aromatic N) is 2. The standard InChI is InChI=1S/C21H25FN2O5/c1-21(2,3)29-20(28)16-14-9-10-24(11-12-5-7-13(22)8-6-12)18(26)15(14)17(25)19(27)23(16)4/h5-8,14-16H,9-11H2,1-4H3. The summed E-state index contributed by atoms with van der Waals surface area (Å²) >= 11 is 0. The van der Waals surface area contributed by atoms with Crippen molar-refractivity contribution < 1.29 is 28.3 Å². The zero-order valence-electron chi connectivity index (χ0n) is 17.0. The molecule has 2 aliphatic rings. The average molecular weight is 404 g/mol. The predicted molar refractivity (Wildman–Crippen MR) is 101 cm³/mol. The van der Waals surface area contributed by atoms with Crippen LogP contribution in [0.15, 0.2) is 24.3 Å². The summed E-state index contributed by atoms with van der Waals surface area (Å²) in [5.74, 6) is -4.97. The quantitative estimate of drug-likeness (QED) is 0.434. The lowest BCUT2D eigenvalue weighted by Crippen LogP contribution is -2.65. The molecule has 0 aromatic heterocycles. The van der Waals surface area contributed by atoms with E-state index in [9.17, 15) is 23.6 Å². The second-order valence-corrected chi connectivity index (χ2v) is 8.58. The highest BCUT2D eigenvalue weighted by molar-refractivity contribution is 6.41. The van der Waals surface area contributed by atoms with E-state index in [0.29, 0.717) is 18.5 Å². The topological polar surface area (TPSA) is 84.0 Å². The molecule has 2 heterocycles. The first-order valence-corrected chi connectivity index (χ1v) is 9.56. The van der Waals surface area contributed by atoms with Gasteiger partial charge in [-0.15, -0.1) is 0 Å². The molecule has 1 aromatic rings. The number of amides is 2. The van der Waals surface area contributed by atoms with Gasteiger partial charge in [0, 0.05) is 26.1 Å². The number of hydrogen-bond donors (Lipinski definition) is 0. The molecule has 3 atom stereocenters. The molecule has 3 rings (SSSR count). The minimum Gasteiger partial charge on any atom is -0.458 e. The van der Waals surface area contributed by atoms with Crippen molar-refractivity contribution in [2.45, 2.75) is 45.4 Å². The Kier molecular flexibility index (Phi) is 5.47. The van der Waals surface area contributed by atoms with Gasteiger partial charge in [-0.3, -0.25) is 14.4 Å². The number of hydrogen-bond acceptors (Lipinski definition) is 5. The molecule has 156 valence electrons. The minimum atomic E-state index is -1.20. The molecule has 0 bridgehead atoms. The predicted octanol–water partition coefficient (Wildman–Crippen LogP) is 1.54. The van der Waals surface area contributed by atoms with Gasteiger partial charge in [0.1, 0.15) is 23.4 Å². The Bertz CT molecular complexity index is 846. The Morgan fingerprint density at radius 1 is 1.17 bits per heavy atom. The summed E-state index contributed by atoms with van der Waals surface area (Å²) in [6, 6.07) is 4.76. The number of piperidine rings is 2. The molecule has 3 unspecified atom stereocenters. The number of likely N-dealkylation sites (N-methyl/N-ethyl adjacent to an activating group) is 1. The molecular formula is C21H25FN2O5. The average Bonchev–Trinajstić information content (AvgIpc) is 2.62. The van der Waals surface area contributed by atoms with Crippen molar-refractivity contribution in [3.63, 3.8) is 0 Å². The van der Waals surface area contributed by atoms with Crippen LogP contribution in [0.3, 0.4) is 0 Å². The maximum absolute atomic E-state index is 13.1. The van der Waals surface area contributed by atoms with Crippen LogP contribution in [0, 0.1) is 17.7 Å². The van der Waals surface area contributed by atoms with E-state index in [4.69, 9.17) is 4.74 Å². The normalized spacial score (nSPS) is 25.1. The number of fused-ring (bicyclic) bond motifs is 1. The molecule has 2 aliphatic heterocycles. The molecule has 0 radical (unpaired) electrons. The van der Waals surface area contributed by atoms with Gasteiger partial charge >= 0.3 is 5.97 Å². The molecule has 29 heavy (non-hydrogen) atoms. The van der Waals surface area contributed by atoms with Crippen molar-refractivity contribution in [1.82, 2.24) is 9.80 Å². The zero-order chi connectivity index (χ0) is 21.5. The van der Waals surface area contributed by atoms with Crippen LogP contribution < -0.4 is 0 Å². The number of ether oxygens (including phenoxy) is 1. The highest BCUT2D eigenvalue weighted by Gasteiger charge is 2.55. The largest absolute Gasteiger partial charge is 0.458 e. The summed E-state index contributed by atoms with van der Waals surface area (Å²) in [7, 11) is 1.39. The van der Waals surface area contributed by atoms with Crippen molar-refractivity contribution in [2.24, 2.45) is 11.8 Å². The van der Waals surface area contributed by atoms with Crippen LogP contribution in [0.2, 0.25) is 0 Å². The lowest BCUT2D eigenvalue weighted by molar-refractivity contribution is -0.177. The smallest absolute Gasteiger partial charge is 0.329 e. The van der Waals surface area contributed by atoms with Crippen LogP contribution in [-0.4, -0.2) is 58.6 Å². The van der Waals surface area contributed by atoms with Crippen molar-refractivity contribution in [1.29, 1.82) is 0 Å². The third-order valence-corrected chi connectivity index (χ3v) is 5.31. The number of halogens is 1. The maximum atomic E-state index is 13.1. The third-order valence-electron chi connectivity index (χ3n) is 5.31. The summed E-state index contributed by atoms with van der Waals surface area (Å²) in [6.45, 7) is 5.68. The molecular weight excluding hydrogens is 379 g/mol. The molecule has 0 N–H and O–H groups in total. The lowest BCUT2D eigenvalue weighted by atomic mass is 9.73. The van der Waals surface area contributed by atoms with Gasteiger partial charge in [0.2, 0.25) is 11.7 Å². The number of benzene rings is 1. The molecule has 0 aliphatic carbocycles. The number of likely N-dealkylation sites (tertiary alicyclic amines) is 2. The summed E-state index contributed by atoms with van der Waals surface area (Å²) in [4.78, 5) is 53.5. The van der Waals surface area contributed by atoms with Gasteiger partial charge in [-0.05, 0) is 44.9 Å². The number of carbonyl (C=O) groups is 4. The van der Waals surface area contributed by atoms with E-state index < -0.39 is 47.0 Å². The maximum Gasteiger partial charge on any atom is 0.329 e. The van der Waals surface area contributed by atoms with Crippen LogP contribution in [0.4, 0.5) is 4.39 Å². The minimum absolute atomic E-state index is 0.205.